The van der Waals surface area contributed by atoms with Crippen molar-refractivity contribution in [1.82, 2.24) is 10.4 Å². The molecule has 7 heteroatoms. The van der Waals surface area contributed by atoms with Crippen LogP contribution >= 0.6 is 12.2 Å². The van der Waals surface area contributed by atoms with E-state index in [1.807, 2.05) is 25.1 Å². The fraction of sp³-hybridized carbons (Fsp3) is 0.0667. The van der Waals surface area contributed by atoms with E-state index in [0.717, 1.165) is 5.69 Å². The Kier molecular flexibility index (Phi) is 5.16. The number of hydrazone groups is 1. The van der Waals surface area contributed by atoms with Crippen LogP contribution in [0.25, 0.3) is 0 Å². The van der Waals surface area contributed by atoms with Gasteiger partial charge in [-0.05, 0) is 55.5 Å². The van der Waals surface area contributed by atoms with Crippen LogP contribution < -0.4 is 10.7 Å². The third kappa shape index (κ3) is 4.35. The summed E-state index contributed by atoms with van der Waals surface area (Å²) in [4.78, 5) is 14.9. The molecule has 0 bridgehead atoms. The van der Waals surface area contributed by atoms with Crippen molar-refractivity contribution in [3.05, 3.63) is 59.9 Å². The van der Waals surface area contributed by atoms with Crippen LogP contribution in [0.5, 0.6) is 0 Å². The number of carboxylic acid groups (broad SMARTS) is 1. The number of nitrogens with zero attached hydrogens (tertiary/aromatic N) is 2. The Morgan fingerprint density at radius 1 is 1.23 bits per heavy atom. The Morgan fingerprint density at radius 3 is 2.55 bits per heavy atom. The monoisotopic (exact) mass is 314 g/mol. The summed E-state index contributed by atoms with van der Waals surface area (Å²) < 4.78 is 0. The first-order valence-corrected chi connectivity index (χ1v) is 6.83. The van der Waals surface area contributed by atoms with Crippen LogP contribution in [0.4, 0.5) is 5.69 Å². The molecule has 0 aliphatic heterocycles. The molecule has 0 unspecified atom stereocenters. The number of aromatic nitrogens is 1. The van der Waals surface area contributed by atoms with Crippen molar-refractivity contribution in [1.29, 1.82) is 0 Å². The second-order valence-electron chi connectivity index (χ2n) is 4.36. The van der Waals surface area contributed by atoms with E-state index in [1.165, 1.54) is 12.1 Å². The van der Waals surface area contributed by atoms with E-state index in [9.17, 15) is 4.79 Å². The third-order valence-electron chi connectivity index (χ3n) is 2.75. The van der Waals surface area contributed by atoms with E-state index in [4.69, 9.17) is 17.3 Å². The molecule has 0 saturated carbocycles. The summed E-state index contributed by atoms with van der Waals surface area (Å²) >= 11 is 5.12. The number of benzene rings is 1. The van der Waals surface area contributed by atoms with E-state index in [1.54, 1.807) is 18.3 Å². The molecule has 3 N–H and O–H groups in total. The minimum Gasteiger partial charge on any atom is -0.478 e. The quantitative estimate of drug-likeness (QED) is 0.457. The maximum absolute atomic E-state index is 10.8. The fourth-order valence-electron chi connectivity index (χ4n) is 1.62. The van der Waals surface area contributed by atoms with Gasteiger partial charge < -0.3 is 10.4 Å². The second kappa shape index (κ2) is 7.28. The largest absolute Gasteiger partial charge is 0.478 e. The molecule has 0 atom stereocenters. The van der Waals surface area contributed by atoms with Gasteiger partial charge in [-0.3, -0.25) is 10.4 Å². The lowest BCUT2D eigenvalue weighted by Gasteiger charge is -2.08. The van der Waals surface area contributed by atoms with Crippen molar-refractivity contribution >= 4 is 34.7 Å². The highest BCUT2D eigenvalue weighted by molar-refractivity contribution is 7.80. The van der Waals surface area contributed by atoms with Gasteiger partial charge in [-0.15, -0.1) is 0 Å². The number of nitrogens with one attached hydrogen (secondary N) is 2. The predicted octanol–water partition coefficient (Wildman–Crippen LogP) is 2.49. The minimum atomic E-state index is -0.970. The molecule has 22 heavy (non-hydrogen) atoms. The third-order valence-corrected chi connectivity index (χ3v) is 2.94. The maximum atomic E-state index is 10.8. The van der Waals surface area contributed by atoms with Crippen LogP contribution in [0.15, 0.2) is 53.8 Å². The van der Waals surface area contributed by atoms with Crippen LogP contribution in [0.3, 0.4) is 0 Å². The molecule has 2 rings (SSSR count). The number of carbonyl (C=O) groups is 1. The Bertz CT molecular complexity index is 699. The highest BCUT2D eigenvalue weighted by Crippen LogP contribution is 2.09. The van der Waals surface area contributed by atoms with Crippen molar-refractivity contribution in [3.8, 4) is 0 Å². The SMILES string of the molecule is C/C(=N/NC(=S)Nc1ccc(C(=O)O)cc1)c1ccccn1. The molecule has 0 spiro atoms. The smallest absolute Gasteiger partial charge is 0.335 e. The van der Waals surface area contributed by atoms with Crippen LogP contribution in [0, 0.1) is 0 Å². The van der Waals surface area contributed by atoms with Gasteiger partial charge in [-0.1, -0.05) is 6.07 Å². The number of hydrogen-bond donors (Lipinski definition) is 3. The summed E-state index contributed by atoms with van der Waals surface area (Å²) in [6, 6.07) is 11.8. The minimum absolute atomic E-state index is 0.216. The van der Waals surface area contributed by atoms with Crippen molar-refractivity contribution in [2.75, 3.05) is 5.32 Å². The average molecular weight is 314 g/mol. The van der Waals surface area contributed by atoms with Crippen LogP contribution in [0.1, 0.15) is 23.0 Å². The standard InChI is InChI=1S/C15H14N4O2S/c1-10(13-4-2-3-9-16-13)18-19-15(22)17-12-7-5-11(6-8-12)14(20)21/h2-9H,1H3,(H,20,21)(H2,17,19,22)/b18-10-. The van der Waals surface area contributed by atoms with E-state index >= 15 is 0 Å². The van der Waals surface area contributed by atoms with Crippen LogP contribution in [-0.4, -0.2) is 26.9 Å². The van der Waals surface area contributed by atoms with E-state index in [-0.39, 0.29) is 5.56 Å². The Balaban J connectivity index is 1.94. The van der Waals surface area contributed by atoms with Gasteiger partial charge in [0.1, 0.15) is 0 Å². The fourth-order valence-corrected chi connectivity index (χ4v) is 1.79. The molecule has 1 heterocycles. The van der Waals surface area contributed by atoms with E-state index in [2.05, 4.69) is 20.8 Å². The molecule has 0 aliphatic rings. The second-order valence-corrected chi connectivity index (χ2v) is 4.77. The summed E-state index contributed by atoms with van der Waals surface area (Å²) in [6.07, 6.45) is 1.69. The van der Waals surface area contributed by atoms with Crippen molar-refractivity contribution in [2.45, 2.75) is 6.92 Å². The number of rotatable bonds is 4. The molecule has 112 valence electrons. The van der Waals surface area contributed by atoms with Crippen molar-refractivity contribution in [2.24, 2.45) is 5.10 Å². The molecular formula is C15H14N4O2S. The highest BCUT2D eigenvalue weighted by Gasteiger charge is 2.03. The first kappa shape index (κ1) is 15.6. The summed E-state index contributed by atoms with van der Waals surface area (Å²) in [5.74, 6) is -0.970. The Labute approximate surface area is 132 Å². The highest BCUT2D eigenvalue weighted by atomic mass is 32.1. The van der Waals surface area contributed by atoms with Crippen molar-refractivity contribution in [3.63, 3.8) is 0 Å². The van der Waals surface area contributed by atoms with Gasteiger partial charge >= 0.3 is 5.97 Å². The normalized spacial score (nSPS) is 10.9. The number of hydrogen-bond acceptors (Lipinski definition) is 4. The summed E-state index contributed by atoms with van der Waals surface area (Å²) in [5.41, 5.74) is 5.06. The summed E-state index contributed by atoms with van der Waals surface area (Å²) in [7, 11) is 0. The molecule has 0 amide bonds. The first-order chi connectivity index (χ1) is 10.6. The summed E-state index contributed by atoms with van der Waals surface area (Å²) in [6.45, 7) is 1.82. The molecular weight excluding hydrogens is 300 g/mol. The van der Waals surface area contributed by atoms with Gasteiger partial charge in [0.15, 0.2) is 5.11 Å². The summed E-state index contributed by atoms with van der Waals surface area (Å²) in [5, 5.41) is 16.2. The molecule has 6 nitrogen and oxygen atoms in total. The molecule has 0 fully saturated rings. The number of anilines is 1. The lowest BCUT2D eigenvalue weighted by atomic mass is 10.2. The van der Waals surface area contributed by atoms with Crippen molar-refractivity contribution < 1.29 is 9.90 Å². The zero-order valence-electron chi connectivity index (χ0n) is 11.8. The number of pyridine rings is 1. The molecule has 0 radical (unpaired) electrons. The number of carboxylic acids is 1. The maximum Gasteiger partial charge on any atom is 0.335 e. The van der Waals surface area contributed by atoms with E-state index < -0.39 is 5.97 Å². The molecule has 1 aromatic carbocycles. The number of thiocarbonyl (C=S) groups is 1. The van der Waals surface area contributed by atoms with Crippen LogP contribution in [0.2, 0.25) is 0 Å². The predicted molar refractivity (Wildman–Crippen MR) is 89.2 cm³/mol. The van der Waals surface area contributed by atoms with E-state index in [0.29, 0.717) is 16.5 Å². The van der Waals surface area contributed by atoms with Gasteiger partial charge in [-0.25, -0.2) is 4.79 Å². The van der Waals surface area contributed by atoms with Gasteiger partial charge in [0.2, 0.25) is 0 Å². The molecule has 2 aromatic rings. The topological polar surface area (TPSA) is 86.6 Å². The van der Waals surface area contributed by atoms with Crippen LogP contribution in [-0.2, 0) is 0 Å². The number of aromatic carboxylic acids is 1. The molecule has 0 aliphatic carbocycles. The zero-order chi connectivity index (χ0) is 15.9. The molecule has 0 saturated heterocycles. The zero-order valence-corrected chi connectivity index (χ0v) is 12.6. The van der Waals surface area contributed by atoms with Gasteiger partial charge in [-0.2, -0.15) is 5.10 Å². The lowest BCUT2D eigenvalue weighted by Crippen LogP contribution is -2.25. The molecule has 1 aromatic heterocycles. The first-order valence-electron chi connectivity index (χ1n) is 6.42. The Morgan fingerprint density at radius 2 is 1.95 bits per heavy atom. The Hall–Kier alpha value is -2.80. The van der Waals surface area contributed by atoms with Gasteiger partial charge in [0, 0.05) is 11.9 Å². The van der Waals surface area contributed by atoms with Gasteiger partial charge in [0.05, 0.1) is 17.0 Å². The average Bonchev–Trinajstić information content (AvgIpc) is 2.54. The van der Waals surface area contributed by atoms with Gasteiger partial charge in [0.25, 0.3) is 0 Å². The lowest BCUT2D eigenvalue weighted by molar-refractivity contribution is 0.0697.